The molecule has 0 aliphatic carbocycles. The highest BCUT2D eigenvalue weighted by Crippen LogP contribution is 2.21. The summed E-state index contributed by atoms with van der Waals surface area (Å²) in [4.78, 5) is 24.8. The Labute approximate surface area is 124 Å². The molecule has 1 aromatic carbocycles. The molecule has 1 aliphatic rings. The molecule has 1 saturated heterocycles. The second-order valence-corrected chi connectivity index (χ2v) is 5.08. The first-order valence-electron chi connectivity index (χ1n) is 6.82. The van der Waals surface area contributed by atoms with Crippen molar-refractivity contribution in [1.82, 2.24) is 5.32 Å². The third-order valence-electron chi connectivity index (χ3n) is 3.59. The number of nitrogens with one attached hydrogen (secondary N) is 1. The Hall–Kier alpha value is -2.08. The number of hydrogen-bond acceptors (Lipinski definition) is 4. The fraction of sp³-hybridized carbons (Fsp3) is 0.467. The maximum atomic E-state index is 12.0. The summed E-state index contributed by atoms with van der Waals surface area (Å²) < 4.78 is 9.95. The SMILES string of the molecule is COC(=O)NCC1CN(c2ccc(C)c(C)c2)C(=O)CO1. The molecule has 0 aromatic heterocycles. The molecular formula is C15H20N2O4. The van der Waals surface area contributed by atoms with E-state index in [4.69, 9.17) is 4.74 Å². The smallest absolute Gasteiger partial charge is 0.406 e. The Morgan fingerprint density at radius 2 is 2.19 bits per heavy atom. The van der Waals surface area contributed by atoms with Crippen LogP contribution in [0.4, 0.5) is 10.5 Å². The van der Waals surface area contributed by atoms with Gasteiger partial charge in [0.25, 0.3) is 5.91 Å². The summed E-state index contributed by atoms with van der Waals surface area (Å²) in [5.41, 5.74) is 3.17. The summed E-state index contributed by atoms with van der Waals surface area (Å²) in [5, 5.41) is 2.59. The van der Waals surface area contributed by atoms with Crippen LogP contribution in [0.15, 0.2) is 18.2 Å². The zero-order chi connectivity index (χ0) is 15.4. The molecule has 1 atom stereocenters. The Bertz CT molecular complexity index is 544. The minimum atomic E-state index is -0.506. The van der Waals surface area contributed by atoms with Crippen LogP contribution in [-0.4, -0.2) is 44.9 Å². The number of benzene rings is 1. The topological polar surface area (TPSA) is 67.9 Å². The predicted molar refractivity (Wildman–Crippen MR) is 78.4 cm³/mol. The first-order valence-corrected chi connectivity index (χ1v) is 6.82. The maximum Gasteiger partial charge on any atom is 0.406 e. The van der Waals surface area contributed by atoms with Crippen LogP contribution in [0.3, 0.4) is 0 Å². The molecule has 0 spiro atoms. The molecule has 0 radical (unpaired) electrons. The van der Waals surface area contributed by atoms with E-state index in [1.54, 1.807) is 4.90 Å². The molecule has 114 valence electrons. The van der Waals surface area contributed by atoms with Gasteiger partial charge < -0.3 is 19.7 Å². The summed E-state index contributed by atoms with van der Waals surface area (Å²) >= 11 is 0. The number of nitrogens with zero attached hydrogens (tertiary/aromatic N) is 1. The van der Waals surface area contributed by atoms with Crippen molar-refractivity contribution in [2.45, 2.75) is 20.0 Å². The number of carbonyl (C=O) groups is 2. The van der Waals surface area contributed by atoms with Crippen molar-refractivity contribution >= 4 is 17.7 Å². The third-order valence-corrected chi connectivity index (χ3v) is 3.59. The maximum absolute atomic E-state index is 12.0. The summed E-state index contributed by atoms with van der Waals surface area (Å²) in [6.45, 7) is 4.77. The van der Waals surface area contributed by atoms with E-state index in [9.17, 15) is 9.59 Å². The van der Waals surface area contributed by atoms with Gasteiger partial charge in [-0.3, -0.25) is 4.79 Å². The lowest BCUT2D eigenvalue weighted by Gasteiger charge is -2.33. The van der Waals surface area contributed by atoms with Crippen LogP contribution in [-0.2, 0) is 14.3 Å². The molecule has 1 heterocycles. The quantitative estimate of drug-likeness (QED) is 0.914. The highest BCUT2D eigenvalue weighted by molar-refractivity contribution is 5.95. The highest BCUT2D eigenvalue weighted by atomic mass is 16.5. The second kappa shape index (κ2) is 6.58. The summed E-state index contributed by atoms with van der Waals surface area (Å²) in [7, 11) is 1.31. The van der Waals surface area contributed by atoms with Gasteiger partial charge >= 0.3 is 6.09 Å². The Morgan fingerprint density at radius 3 is 2.86 bits per heavy atom. The van der Waals surface area contributed by atoms with Crippen molar-refractivity contribution in [3.63, 3.8) is 0 Å². The Balaban J connectivity index is 2.05. The molecular weight excluding hydrogens is 272 g/mol. The van der Waals surface area contributed by atoms with Gasteiger partial charge in [-0.05, 0) is 37.1 Å². The second-order valence-electron chi connectivity index (χ2n) is 5.08. The molecule has 1 fully saturated rings. The number of ether oxygens (including phenoxy) is 2. The number of methoxy groups -OCH3 is 1. The minimum absolute atomic E-state index is 0.0143. The molecule has 1 aromatic rings. The van der Waals surface area contributed by atoms with Gasteiger partial charge in [-0.15, -0.1) is 0 Å². The van der Waals surface area contributed by atoms with Crippen molar-refractivity contribution in [3.8, 4) is 0 Å². The zero-order valence-corrected chi connectivity index (χ0v) is 12.5. The lowest BCUT2D eigenvalue weighted by Crippen LogP contribution is -2.50. The molecule has 1 aliphatic heterocycles. The van der Waals surface area contributed by atoms with Crippen LogP contribution in [0.2, 0.25) is 0 Å². The monoisotopic (exact) mass is 292 g/mol. The lowest BCUT2D eigenvalue weighted by atomic mass is 10.1. The number of aryl methyl sites for hydroxylation is 2. The van der Waals surface area contributed by atoms with Crippen molar-refractivity contribution in [2.24, 2.45) is 0 Å². The van der Waals surface area contributed by atoms with Gasteiger partial charge in [0, 0.05) is 12.2 Å². The van der Waals surface area contributed by atoms with Crippen molar-refractivity contribution in [1.29, 1.82) is 0 Å². The molecule has 6 nitrogen and oxygen atoms in total. The van der Waals surface area contributed by atoms with E-state index in [1.165, 1.54) is 12.7 Å². The van der Waals surface area contributed by atoms with Crippen molar-refractivity contribution < 1.29 is 19.1 Å². The van der Waals surface area contributed by atoms with E-state index in [2.05, 4.69) is 10.1 Å². The van der Waals surface area contributed by atoms with Crippen molar-refractivity contribution in [2.75, 3.05) is 31.7 Å². The van der Waals surface area contributed by atoms with Gasteiger partial charge in [0.05, 0.1) is 19.8 Å². The van der Waals surface area contributed by atoms with Gasteiger partial charge in [0.1, 0.15) is 6.61 Å². The first kappa shape index (κ1) is 15.3. The number of anilines is 1. The van der Waals surface area contributed by atoms with Crippen LogP contribution >= 0.6 is 0 Å². The minimum Gasteiger partial charge on any atom is -0.453 e. The van der Waals surface area contributed by atoms with E-state index in [1.807, 2.05) is 32.0 Å². The molecule has 2 rings (SSSR count). The lowest BCUT2D eigenvalue weighted by molar-refractivity contribution is -0.129. The van der Waals surface area contributed by atoms with E-state index in [-0.39, 0.29) is 18.6 Å². The molecule has 0 saturated carbocycles. The summed E-state index contributed by atoms with van der Waals surface area (Å²) in [5.74, 6) is -0.0763. The van der Waals surface area contributed by atoms with E-state index in [0.29, 0.717) is 13.1 Å². The number of alkyl carbamates (subject to hydrolysis) is 1. The van der Waals surface area contributed by atoms with Gasteiger partial charge in [0.2, 0.25) is 0 Å². The molecule has 1 unspecified atom stereocenters. The standard InChI is InChI=1S/C15H20N2O4/c1-10-4-5-12(6-11(10)2)17-8-13(21-9-14(17)18)7-16-15(19)20-3/h4-6,13H,7-9H2,1-3H3,(H,16,19). The van der Waals surface area contributed by atoms with Crippen LogP contribution in [0.1, 0.15) is 11.1 Å². The number of morpholine rings is 1. The largest absolute Gasteiger partial charge is 0.453 e. The number of hydrogen-bond donors (Lipinski definition) is 1. The van der Waals surface area contributed by atoms with Gasteiger partial charge in [-0.1, -0.05) is 6.07 Å². The number of rotatable bonds is 3. The van der Waals surface area contributed by atoms with Crippen molar-refractivity contribution in [3.05, 3.63) is 29.3 Å². The molecule has 0 bridgehead atoms. The fourth-order valence-corrected chi connectivity index (χ4v) is 2.16. The van der Waals surface area contributed by atoms with Crippen LogP contribution in [0.5, 0.6) is 0 Å². The molecule has 6 heteroatoms. The number of carbonyl (C=O) groups excluding carboxylic acids is 2. The van der Waals surface area contributed by atoms with Gasteiger partial charge in [-0.2, -0.15) is 0 Å². The summed E-state index contributed by atoms with van der Waals surface area (Å²) in [6.07, 6.45) is -0.753. The Morgan fingerprint density at radius 1 is 1.43 bits per heavy atom. The van der Waals surface area contributed by atoms with Crippen LogP contribution < -0.4 is 10.2 Å². The third kappa shape index (κ3) is 3.72. The first-order chi connectivity index (χ1) is 10.0. The normalized spacial score (nSPS) is 18.5. The molecule has 1 N–H and O–H groups in total. The van der Waals surface area contributed by atoms with Crippen LogP contribution in [0.25, 0.3) is 0 Å². The summed E-state index contributed by atoms with van der Waals surface area (Å²) in [6, 6.07) is 5.91. The highest BCUT2D eigenvalue weighted by Gasteiger charge is 2.27. The average Bonchev–Trinajstić information content (AvgIpc) is 2.49. The van der Waals surface area contributed by atoms with E-state index < -0.39 is 6.09 Å². The van der Waals surface area contributed by atoms with Crippen LogP contribution in [0, 0.1) is 13.8 Å². The fourth-order valence-electron chi connectivity index (χ4n) is 2.16. The number of amides is 2. The molecule has 21 heavy (non-hydrogen) atoms. The average molecular weight is 292 g/mol. The van der Waals surface area contributed by atoms with Gasteiger partial charge in [0.15, 0.2) is 0 Å². The Kier molecular flexibility index (Phi) is 4.80. The molecule has 2 amide bonds. The zero-order valence-electron chi connectivity index (χ0n) is 12.5. The predicted octanol–water partition coefficient (Wildman–Crippen LogP) is 1.39. The van der Waals surface area contributed by atoms with E-state index >= 15 is 0 Å². The van der Waals surface area contributed by atoms with E-state index in [0.717, 1.165) is 11.3 Å². The van der Waals surface area contributed by atoms with Gasteiger partial charge in [-0.25, -0.2) is 4.79 Å².